The van der Waals surface area contributed by atoms with Gasteiger partial charge >= 0.3 is 0 Å². The molecule has 1 aromatic rings. The van der Waals surface area contributed by atoms with E-state index in [0.29, 0.717) is 0 Å². The van der Waals surface area contributed by atoms with E-state index in [0.717, 1.165) is 43.5 Å². The first kappa shape index (κ1) is 13.1. The number of nitrogens with one attached hydrogen (secondary N) is 2. The lowest BCUT2D eigenvalue weighted by Crippen LogP contribution is -2.50. The average molecular weight is 246 g/mol. The molecule has 0 aliphatic carbocycles. The number of anilines is 1. The van der Waals surface area contributed by atoms with Crippen molar-refractivity contribution in [3.63, 3.8) is 0 Å². The fraction of sp³-hybridized carbons (Fsp3) is 0.533. The monoisotopic (exact) mass is 246 g/mol. The van der Waals surface area contributed by atoms with E-state index in [4.69, 9.17) is 0 Å². The minimum atomic E-state index is -0.350. The second-order valence-electron chi connectivity index (χ2n) is 5.13. The van der Waals surface area contributed by atoms with Crippen LogP contribution in [0.5, 0.6) is 0 Å². The van der Waals surface area contributed by atoms with E-state index in [9.17, 15) is 4.79 Å². The smallest absolute Gasteiger partial charge is 0.244 e. The van der Waals surface area contributed by atoms with E-state index >= 15 is 0 Å². The number of carbonyl (C=O) groups is 1. The molecule has 1 aromatic carbocycles. The van der Waals surface area contributed by atoms with Gasteiger partial charge in [-0.15, -0.1) is 0 Å². The summed E-state index contributed by atoms with van der Waals surface area (Å²) in [6.45, 7) is 5.09. The van der Waals surface area contributed by atoms with Gasteiger partial charge < -0.3 is 10.6 Å². The number of aryl methyl sites for hydroxylation is 1. The Labute approximate surface area is 109 Å². The standard InChI is InChI=1S/C15H22N2O/c1-3-9-15(10-6-11-16-15)14(18)17-13-8-5-4-7-12(13)2/h4-5,7-8,16H,3,6,9-11H2,1-2H3,(H,17,18). The molecule has 1 amide bonds. The molecule has 0 radical (unpaired) electrons. The molecule has 0 spiro atoms. The molecule has 1 aliphatic rings. The third-order valence-electron chi connectivity index (χ3n) is 3.75. The van der Waals surface area contributed by atoms with Gasteiger partial charge in [0.25, 0.3) is 0 Å². The van der Waals surface area contributed by atoms with Crippen molar-refractivity contribution in [2.75, 3.05) is 11.9 Å². The summed E-state index contributed by atoms with van der Waals surface area (Å²) in [4.78, 5) is 12.5. The number of rotatable bonds is 4. The zero-order chi connectivity index (χ0) is 13.0. The first-order valence-corrected chi connectivity index (χ1v) is 6.80. The second kappa shape index (κ2) is 5.53. The minimum Gasteiger partial charge on any atom is -0.324 e. The zero-order valence-corrected chi connectivity index (χ0v) is 11.3. The number of para-hydroxylation sites is 1. The predicted molar refractivity (Wildman–Crippen MR) is 74.7 cm³/mol. The molecular weight excluding hydrogens is 224 g/mol. The molecule has 1 atom stereocenters. The van der Waals surface area contributed by atoms with Gasteiger partial charge in [-0.05, 0) is 44.4 Å². The fourth-order valence-corrected chi connectivity index (χ4v) is 2.71. The first-order valence-electron chi connectivity index (χ1n) is 6.80. The topological polar surface area (TPSA) is 41.1 Å². The molecule has 3 heteroatoms. The van der Waals surface area contributed by atoms with Crippen LogP contribution < -0.4 is 10.6 Å². The Morgan fingerprint density at radius 2 is 2.22 bits per heavy atom. The summed E-state index contributed by atoms with van der Waals surface area (Å²) in [5.74, 6) is 0.121. The van der Waals surface area contributed by atoms with Gasteiger partial charge in [-0.25, -0.2) is 0 Å². The van der Waals surface area contributed by atoms with Gasteiger partial charge in [0.05, 0.1) is 5.54 Å². The van der Waals surface area contributed by atoms with Gasteiger partial charge in [-0.1, -0.05) is 31.5 Å². The largest absolute Gasteiger partial charge is 0.324 e. The SMILES string of the molecule is CCCC1(C(=O)Nc2ccccc2C)CCCN1. The molecule has 0 saturated carbocycles. The maximum absolute atomic E-state index is 12.5. The third-order valence-corrected chi connectivity index (χ3v) is 3.75. The molecule has 1 heterocycles. The van der Waals surface area contributed by atoms with E-state index in [-0.39, 0.29) is 11.4 Å². The van der Waals surface area contributed by atoms with Gasteiger partial charge in [0.1, 0.15) is 0 Å². The van der Waals surface area contributed by atoms with E-state index in [1.54, 1.807) is 0 Å². The van der Waals surface area contributed by atoms with Gasteiger partial charge in [0.2, 0.25) is 5.91 Å². The molecule has 1 unspecified atom stereocenters. The van der Waals surface area contributed by atoms with Crippen molar-refractivity contribution in [2.45, 2.75) is 45.1 Å². The summed E-state index contributed by atoms with van der Waals surface area (Å²) in [7, 11) is 0. The Hall–Kier alpha value is -1.35. The predicted octanol–water partition coefficient (Wildman–Crippen LogP) is 2.86. The highest BCUT2D eigenvalue weighted by molar-refractivity contribution is 5.98. The Morgan fingerprint density at radius 1 is 1.44 bits per heavy atom. The Bertz CT molecular complexity index is 422. The molecular formula is C15H22N2O. The molecule has 0 bridgehead atoms. The Balaban J connectivity index is 2.13. The molecule has 98 valence electrons. The molecule has 1 fully saturated rings. The van der Waals surface area contributed by atoms with Crippen molar-refractivity contribution in [1.82, 2.24) is 5.32 Å². The molecule has 2 N–H and O–H groups in total. The van der Waals surface area contributed by atoms with Gasteiger partial charge in [-0.3, -0.25) is 4.79 Å². The Morgan fingerprint density at radius 3 is 2.83 bits per heavy atom. The molecule has 3 nitrogen and oxygen atoms in total. The zero-order valence-electron chi connectivity index (χ0n) is 11.3. The maximum atomic E-state index is 12.5. The normalized spacial score (nSPS) is 23.0. The maximum Gasteiger partial charge on any atom is 0.244 e. The van der Waals surface area contributed by atoms with Crippen LogP contribution >= 0.6 is 0 Å². The van der Waals surface area contributed by atoms with Crippen LogP contribution in [-0.2, 0) is 4.79 Å². The molecule has 0 aromatic heterocycles. The van der Waals surface area contributed by atoms with E-state index in [2.05, 4.69) is 17.6 Å². The van der Waals surface area contributed by atoms with E-state index in [1.807, 2.05) is 31.2 Å². The number of carbonyl (C=O) groups excluding carboxylic acids is 1. The van der Waals surface area contributed by atoms with Crippen LogP contribution in [0.4, 0.5) is 5.69 Å². The fourth-order valence-electron chi connectivity index (χ4n) is 2.71. The van der Waals surface area contributed by atoms with Crippen LogP contribution in [0.15, 0.2) is 24.3 Å². The second-order valence-corrected chi connectivity index (χ2v) is 5.13. The minimum absolute atomic E-state index is 0.121. The van der Waals surface area contributed by atoms with E-state index in [1.165, 1.54) is 0 Å². The van der Waals surface area contributed by atoms with Crippen molar-refractivity contribution in [1.29, 1.82) is 0 Å². The summed E-state index contributed by atoms with van der Waals surface area (Å²) in [5.41, 5.74) is 1.68. The Kier molecular flexibility index (Phi) is 4.02. The summed E-state index contributed by atoms with van der Waals surface area (Å²) in [5, 5.41) is 6.47. The summed E-state index contributed by atoms with van der Waals surface area (Å²) < 4.78 is 0. The van der Waals surface area contributed by atoms with Crippen molar-refractivity contribution in [3.05, 3.63) is 29.8 Å². The highest BCUT2D eigenvalue weighted by Crippen LogP contribution is 2.27. The van der Waals surface area contributed by atoms with Crippen molar-refractivity contribution in [2.24, 2.45) is 0 Å². The highest BCUT2D eigenvalue weighted by Gasteiger charge is 2.39. The van der Waals surface area contributed by atoms with Crippen LogP contribution in [0.2, 0.25) is 0 Å². The van der Waals surface area contributed by atoms with Crippen molar-refractivity contribution >= 4 is 11.6 Å². The van der Waals surface area contributed by atoms with Crippen LogP contribution in [0.3, 0.4) is 0 Å². The van der Waals surface area contributed by atoms with Crippen molar-refractivity contribution < 1.29 is 4.79 Å². The number of amides is 1. The van der Waals surface area contributed by atoms with Gasteiger partial charge in [0.15, 0.2) is 0 Å². The first-order chi connectivity index (χ1) is 8.68. The summed E-state index contributed by atoms with van der Waals surface area (Å²) in [6, 6.07) is 7.92. The van der Waals surface area contributed by atoms with Gasteiger partial charge in [0, 0.05) is 5.69 Å². The number of hydrogen-bond donors (Lipinski definition) is 2. The quantitative estimate of drug-likeness (QED) is 0.857. The molecule has 1 aliphatic heterocycles. The number of hydrogen-bond acceptors (Lipinski definition) is 2. The number of benzene rings is 1. The third kappa shape index (κ3) is 2.56. The molecule has 18 heavy (non-hydrogen) atoms. The molecule has 2 rings (SSSR count). The van der Waals surface area contributed by atoms with E-state index < -0.39 is 0 Å². The van der Waals surface area contributed by atoms with Crippen LogP contribution in [-0.4, -0.2) is 18.0 Å². The van der Waals surface area contributed by atoms with Crippen LogP contribution in [0.25, 0.3) is 0 Å². The lowest BCUT2D eigenvalue weighted by molar-refractivity contribution is -0.122. The average Bonchev–Trinajstić information content (AvgIpc) is 2.82. The lowest BCUT2D eigenvalue weighted by Gasteiger charge is -2.28. The highest BCUT2D eigenvalue weighted by atomic mass is 16.2. The summed E-state index contributed by atoms with van der Waals surface area (Å²) >= 11 is 0. The summed E-state index contributed by atoms with van der Waals surface area (Å²) in [6.07, 6.45) is 3.96. The van der Waals surface area contributed by atoms with Crippen molar-refractivity contribution in [3.8, 4) is 0 Å². The molecule has 1 saturated heterocycles. The van der Waals surface area contributed by atoms with Crippen LogP contribution in [0, 0.1) is 6.92 Å². The van der Waals surface area contributed by atoms with Crippen LogP contribution in [0.1, 0.15) is 38.2 Å². The van der Waals surface area contributed by atoms with Gasteiger partial charge in [-0.2, -0.15) is 0 Å². The lowest BCUT2D eigenvalue weighted by atomic mass is 9.90.